The number of carboxylic acids is 1. The lowest BCUT2D eigenvalue weighted by molar-refractivity contribution is -0.141. The fraction of sp³-hybridized carbons (Fsp3) is 0.500. The Morgan fingerprint density at radius 1 is 1.29 bits per heavy atom. The molecule has 0 bridgehead atoms. The zero-order valence-corrected chi connectivity index (χ0v) is 12.4. The monoisotopic (exact) mass is 295 g/mol. The Bertz CT molecular complexity index is 473. The van der Waals surface area contributed by atoms with Crippen molar-refractivity contribution in [2.75, 3.05) is 6.54 Å². The summed E-state index contributed by atoms with van der Waals surface area (Å²) in [4.78, 5) is 22.8. The Morgan fingerprint density at radius 2 is 1.90 bits per heavy atom. The van der Waals surface area contributed by atoms with Gasteiger partial charge in [0.15, 0.2) is 0 Å². The largest absolute Gasteiger partial charge is 0.481 e. The summed E-state index contributed by atoms with van der Waals surface area (Å²) in [6.45, 7) is 3.94. The van der Waals surface area contributed by atoms with Gasteiger partial charge in [0.05, 0.1) is 5.92 Å². The predicted octanol–water partition coefficient (Wildman–Crippen LogP) is 2.94. The molecule has 0 spiro atoms. The number of carbonyl (C=O) groups excluding carboxylic acids is 1. The van der Waals surface area contributed by atoms with E-state index in [1.165, 1.54) is 12.1 Å². The molecule has 2 atom stereocenters. The van der Waals surface area contributed by atoms with Crippen LogP contribution in [0.15, 0.2) is 24.3 Å². The van der Waals surface area contributed by atoms with Crippen LogP contribution >= 0.6 is 0 Å². The highest BCUT2D eigenvalue weighted by Crippen LogP contribution is 2.19. The average molecular weight is 295 g/mol. The molecule has 0 aromatic heterocycles. The Hall–Kier alpha value is -1.91. The first-order chi connectivity index (χ1) is 9.93. The molecule has 1 aromatic carbocycles. The Kier molecular flexibility index (Phi) is 6.85. The highest BCUT2D eigenvalue weighted by Gasteiger charge is 2.18. The third-order valence-corrected chi connectivity index (χ3v) is 3.46. The van der Waals surface area contributed by atoms with Gasteiger partial charge in [0.2, 0.25) is 5.91 Å². The lowest BCUT2D eigenvalue weighted by Gasteiger charge is -2.15. The standard InChI is InChI=1S/C16H22FNO3/c1-3-4-13(16(20)21)10-18-15(19)9-11(2)12-5-7-14(17)8-6-12/h5-8,11,13H,3-4,9-10H2,1-2H3,(H,18,19)(H,20,21). The lowest BCUT2D eigenvalue weighted by Crippen LogP contribution is -2.33. The summed E-state index contributed by atoms with van der Waals surface area (Å²) in [5.41, 5.74) is 0.884. The first-order valence-corrected chi connectivity index (χ1v) is 7.19. The third kappa shape index (κ3) is 5.94. The molecule has 1 rings (SSSR count). The van der Waals surface area contributed by atoms with Gasteiger partial charge in [-0.3, -0.25) is 9.59 Å². The molecule has 0 saturated carbocycles. The van der Waals surface area contributed by atoms with Gasteiger partial charge in [0, 0.05) is 13.0 Å². The number of aliphatic carboxylic acids is 1. The van der Waals surface area contributed by atoms with E-state index in [0.717, 1.165) is 12.0 Å². The van der Waals surface area contributed by atoms with Crippen LogP contribution in [0, 0.1) is 11.7 Å². The van der Waals surface area contributed by atoms with Gasteiger partial charge >= 0.3 is 5.97 Å². The molecule has 0 aliphatic carbocycles. The molecule has 0 heterocycles. The van der Waals surface area contributed by atoms with Gasteiger partial charge < -0.3 is 10.4 Å². The second-order valence-electron chi connectivity index (χ2n) is 5.28. The van der Waals surface area contributed by atoms with Gasteiger partial charge in [-0.05, 0) is 30.0 Å². The predicted molar refractivity (Wildman–Crippen MR) is 78.5 cm³/mol. The van der Waals surface area contributed by atoms with Crippen LogP contribution < -0.4 is 5.32 Å². The highest BCUT2D eigenvalue weighted by molar-refractivity contribution is 5.78. The molecule has 116 valence electrons. The van der Waals surface area contributed by atoms with E-state index >= 15 is 0 Å². The number of carbonyl (C=O) groups is 2. The maximum absolute atomic E-state index is 12.8. The van der Waals surface area contributed by atoms with Crippen LogP contribution in [0.2, 0.25) is 0 Å². The summed E-state index contributed by atoms with van der Waals surface area (Å²) >= 11 is 0. The van der Waals surface area contributed by atoms with E-state index in [4.69, 9.17) is 5.11 Å². The minimum absolute atomic E-state index is 0.0416. The number of rotatable bonds is 8. The second kappa shape index (κ2) is 8.39. The van der Waals surface area contributed by atoms with Gasteiger partial charge in [-0.2, -0.15) is 0 Å². The Balaban J connectivity index is 2.45. The molecule has 0 aliphatic rings. The molecule has 1 amide bonds. The summed E-state index contributed by atoms with van der Waals surface area (Å²) in [5, 5.41) is 11.7. The summed E-state index contributed by atoms with van der Waals surface area (Å²) in [5.74, 6) is -1.96. The fourth-order valence-corrected chi connectivity index (χ4v) is 2.16. The normalized spacial score (nSPS) is 13.5. The van der Waals surface area contributed by atoms with Crippen LogP contribution in [0.5, 0.6) is 0 Å². The highest BCUT2D eigenvalue weighted by atomic mass is 19.1. The first-order valence-electron chi connectivity index (χ1n) is 7.19. The van der Waals surface area contributed by atoms with E-state index in [1.54, 1.807) is 12.1 Å². The van der Waals surface area contributed by atoms with Crippen molar-refractivity contribution in [3.05, 3.63) is 35.6 Å². The minimum atomic E-state index is -0.885. The van der Waals surface area contributed by atoms with Crippen molar-refractivity contribution in [2.24, 2.45) is 5.92 Å². The molecule has 0 radical (unpaired) electrons. The molecule has 4 nitrogen and oxygen atoms in total. The van der Waals surface area contributed by atoms with Crippen LogP contribution in [0.3, 0.4) is 0 Å². The van der Waals surface area contributed by atoms with Crippen molar-refractivity contribution in [1.29, 1.82) is 0 Å². The zero-order valence-electron chi connectivity index (χ0n) is 12.4. The third-order valence-electron chi connectivity index (χ3n) is 3.46. The quantitative estimate of drug-likeness (QED) is 0.775. The van der Waals surface area contributed by atoms with E-state index < -0.39 is 11.9 Å². The second-order valence-corrected chi connectivity index (χ2v) is 5.28. The van der Waals surface area contributed by atoms with Gasteiger partial charge in [0.1, 0.15) is 5.82 Å². The molecule has 21 heavy (non-hydrogen) atoms. The van der Waals surface area contributed by atoms with Crippen molar-refractivity contribution in [3.8, 4) is 0 Å². The average Bonchev–Trinajstić information content (AvgIpc) is 2.43. The summed E-state index contributed by atoms with van der Waals surface area (Å²) in [6, 6.07) is 6.05. The van der Waals surface area contributed by atoms with E-state index in [2.05, 4.69) is 5.32 Å². The molecular formula is C16H22FNO3. The summed E-state index contributed by atoms with van der Waals surface area (Å²) < 4.78 is 12.8. The minimum Gasteiger partial charge on any atom is -0.481 e. The van der Waals surface area contributed by atoms with Crippen LogP contribution in [0.25, 0.3) is 0 Å². The number of hydrogen-bond acceptors (Lipinski definition) is 2. The van der Waals surface area contributed by atoms with E-state index in [9.17, 15) is 14.0 Å². The summed E-state index contributed by atoms with van der Waals surface area (Å²) in [7, 11) is 0. The zero-order chi connectivity index (χ0) is 15.8. The van der Waals surface area contributed by atoms with Gasteiger partial charge in [0.25, 0.3) is 0 Å². The van der Waals surface area contributed by atoms with Gasteiger partial charge in [-0.1, -0.05) is 32.4 Å². The van der Waals surface area contributed by atoms with E-state index in [1.807, 2.05) is 13.8 Å². The molecule has 2 unspecified atom stereocenters. The molecule has 1 aromatic rings. The van der Waals surface area contributed by atoms with Crippen LogP contribution in [0.1, 0.15) is 44.6 Å². The topological polar surface area (TPSA) is 66.4 Å². The number of nitrogens with one attached hydrogen (secondary N) is 1. The number of halogens is 1. The number of amides is 1. The molecule has 0 aliphatic heterocycles. The van der Waals surface area contributed by atoms with Crippen LogP contribution in [0.4, 0.5) is 4.39 Å². The number of carboxylic acid groups (broad SMARTS) is 1. The smallest absolute Gasteiger partial charge is 0.308 e. The van der Waals surface area contributed by atoms with E-state index in [0.29, 0.717) is 6.42 Å². The van der Waals surface area contributed by atoms with Gasteiger partial charge in [-0.15, -0.1) is 0 Å². The van der Waals surface area contributed by atoms with Crippen LogP contribution in [-0.2, 0) is 9.59 Å². The molecule has 0 fully saturated rings. The maximum atomic E-state index is 12.8. The molecule has 2 N–H and O–H groups in total. The Morgan fingerprint density at radius 3 is 2.43 bits per heavy atom. The summed E-state index contributed by atoms with van der Waals surface area (Å²) in [6.07, 6.45) is 1.56. The molecule has 0 saturated heterocycles. The van der Waals surface area contributed by atoms with Crippen LogP contribution in [-0.4, -0.2) is 23.5 Å². The number of hydrogen-bond donors (Lipinski definition) is 2. The van der Waals surface area contributed by atoms with Gasteiger partial charge in [-0.25, -0.2) is 4.39 Å². The van der Waals surface area contributed by atoms with Crippen molar-refractivity contribution in [2.45, 2.75) is 39.0 Å². The van der Waals surface area contributed by atoms with Crippen molar-refractivity contribution in [3.63, 3.8) is 0 Å². The lowest BCUT2D eigenvalue weighted by atomic mass is 9.97. The molecular weight excluding hydrogens is 273 g/mol. The van der Waals surface area contributed by atoms with E-state index in [-0.39, 0.29) is 30.6 Å². The SMILES string of the molecule is CCCC(CNC(=O)CC(C)c1ccc(F)cc1)C(=O)O. The van der Waals surface area contributed by atoms with Crippen molar-refractivity contribution in [1.82, 2.24) is 5.32 Å². The van der Waals surface area contributed by atoms with Crippen molar-refractivity contribution >= 4 is 11.9 Å². The molecule has 5 heteroatoms. The Labute approximate surface area is 124 Å². The van der Waals surface area contributed by atoms with Crippen molar-refractivity contribution < 1.29 is 19.1 Å². The first kappa shape index (κ1) is 17.1. The fourth-order valence-electron chi connectivity index (χ4n) is 2.16. The maximum Gasteiger partial charge on any atom is 0.308 e. The number of benzene rings is 1.